The highest BCUT2D eigenvalue weighted by Crippen LogP contribution is 2.05. The number of aldehydes is 1. The van der Waals surface area contributed by atoms with Gasteiger partial charge in [-0.25, -0.2) is 0 Å². The number of carbonyl (C=O) groups excluding carboxylic acids is 1. The lowest BCUT2D eigenvalue weighted by Crippen LogP contribution is -1.80. The highest BCUT2D eigenvalue weighted by molar-refractivity contribution is 5.48. The van der Waals surface area contributed by atoms with Crippen molar-refractivity contribution in [3.8, 4) is 11.8 Å². The summed E-state index contributed by atoms with van der Waals surface area (Å²) in [5.41, 5.74) is 0. The summed E-state index contributed by atoms with van der Waals surface area (Å²) in [4.78, 5) is 9.99. The van der Waals surface area contributed by atoms with Crippen molar-refractivity contribution in [2.45, 2.75) is 58.3 Å². The summed E-state index contributed by atoms with van der Waals surface area (Å²) in [5.74, 6) is 6.19. The third-order valence-electron chi connectivity index (χ3n) is 1.93. The second-order valence-electron chi connectivity index (χ2n) is 3.18. The Balaban J connectivity index is 2.95. The van der Waals surface area contributed by atoms with Gasteiger partial charge >= 0.3 is 0 Å². The van der Waals surface area contributed by atoms with Crippen LogP contribution in [0.25, 0.3) is 0 Å². The Morgan fingerprint density at radius 2 is 1.69 bits per heavy atom. The van der Waals surface area contributed by atoms with E-state index in [2.05, 4.69) is 18.8 Å². The molecule has 0 aromatic rings. The number of hydrogen-bond donors (Lipinski definition) is 0. The predicted octanol–water partition coefficient (Wildman–Crippen LogP) is 3.33. The van der Waals surface area contributed by atoms with Gasteiger partial charge in [0.2, 0.25) is 0 Å². The van der Waals surface area contributed by atoms with Gasteiger partial charge in [-0.3, -0.25) is 0 Å². The molecule has 0 N–H and O–H groups in total. The molecular formula is C12H20O. The Morgan fingerprint density at radius 1 is 1.00 bits per heavy atom. The van der Waals surface area contributed by atoms with Gasteiger partial charge in [0.25, 0.3) is 0 Å². The quantitative estimate of drug-likeness (QED) is 0.333. The molecule has 0 fully saturated rings. The van der Waals surface area contributed by atoms with Crippen molar-refractivity contribution in [3.63, 3.8) is 0 Å². The summed E-state index contributed by atoms with van der Waals surface area (Å²) in [5, 5.41) is 0. The Bertz CT molecular complexity index is 162. The van der Waals surface area contributed by atoms with Crippen molar-refractivity contribution in [3.05, 3.63) is 0 Å². The molecule has 0 bridgehead atoms. The van der Waals surface area contributed by atoms with Crippen LogP contribution < -0.4 is 0 Å². The maximum absolute atomic E-state index is 9.99. The van der Waals surface area contributed by atoms with E-state index >= 15 is 0 Å². The minimum Gasteiger partial charge on any atom is -0.303 e. The summed E-state index contributed by atoms with van der Waals surface area (Å²) >= 11 is 0. The fourth-order valence-corrected chi connectivity index (χ4v) is 1.18. The van der Waals surface area contributed by atoms with E-state index in [4.69, 9.17) is 0 Å². The van der Waals surface area contributed by atoms with Crippen molar-refractivity contribution in [1.82, 2.24) is 0 Å². The predicted molar refractivity (Wildman–Crippen MR) is 56.5 cm³/mol. The first kappa shape index (κ1) is 12.2. The van der Waals surface area contributed by atoms with Crippen LogP contribution in [0.5, 0.6) is 0 Å². The van der Waals surface area contributed by atoms with Gasteiger partial charge in [-0.15, -0.1) is 11.8 Å². The first-order valence-electron chi connectivity index (χ1n) is 5.31. The molecule has 1 heteroatoms. The summed E-state index contributed by atoms with van der Waals surface area (Å²) < 4.78 is 0. The van der Waals surface area contributed by atoms with Gasteiger partial charge in [-0.2, -0.15) is 0 Å². The molecule has 0 radical (unpaired) electrons. The normalized spacial score (nSPS) is 9.00. The van der Waals surface area contributed by atoms with E-state index in [0.717, 1.165) is 32.0 Å². The molecule has 0 aliphatic carbocycles. The number of hydrogen-bond acceptors (Lipinski definition) is 1. The van der Waals surface area contributed by atoms with E-state index in [0.29, 0.717) is 0 Å². The van der Waals surface area contributed by atoms with Crippen LogP contribution in [-0.2, 0) is 4.79 Å². The molecule has 74 valence electrons. The van der Waals surface area contributed by atoms with Gasteiger partial charge in [0.1, 0.15) is 6.29 Å². The summed E-state index contributed by atoms with van der Waals surface area (Å²) in [6.45, 7) is 2.08. The van der Waals surface area contributed by atoms with Crippen molar-refractivity contribution in [2.75, 3.05) is 0 Å². The third kappa shape index (κ3) is 11.2. The van der Waals surface area contributed by atoms with Crippen LogP contribution in [0, 0.1) is 11.8 Å². The van der Waals surface area contributed by atoms with Gasteiger partial charge < -0.3 is 4.79 Å². The minimum absolute atomic E-state index is 0.732. The average molecular weight is 180 g/mol. The lowest BCUT2D eigenvalue weighted by atomic mass is 10.1. The number of unbranched alkanes of at least 4 members (excludes halogenated alkanes) is 6. The highest BCUT2D eigenvalue weighted by Gasteiger charge is 1.88. The molecule has 0 amide bonds. The smallest absolute Gasteiger partial charge is 0.119 e. The molecule has 0 aromatic carbocycles. The average Bonchev–Trinajstić information content (AvgIpc) is 2.16. The fourth-order valence-electron chi connectivity index (χ4n) is 1.18. The zero-order valence-corrected chi connectivity index (χ0v) is 8.64. The van der Waals surface area contributed by atoms with Gasteiger partial charge in [0.05, 0.1) is 0 Å². The lowest BCUT2D eigenvalue weighted by molar-refractivity contribution is -0.107. The standard InChI is InChI=1S/C12H20O/c1-2-3-4-5-6-7-8-9-10-11-12-13/h12H,2,5-11H2,1H3. The summed E-state index contributed by atoms with van der Waals surface area (Å²) in [6.07, 6.45) is 9.74. The van der Waals surface area contributed by atoms with Crippen LogP contribution >= 0.6 is 0 Å². The van der Waals surface area contributed by atoms with E-state index < -0.39 is 0 Å². The second kappa shape index (κ2) is 11.2. The summed E-state index contributed by atoms with van der Waals surface area (Å²) in [7, 11) is 0. The van der Waals surface area contributed by atoms with Crippen LogP contribution in [0.3, 0.4) is 0 Å². The van der Waals surface area contributed by atoms with Crippen LogP contribution in [-0.4, -0.2) is 6.29 Å². The molecule has 0 aliphatic heterocycles. The van der Waals surface area contributed by atoms with Crippen molar-refractivity contribution >= 4 is 6.29 Å². The first-order valence-corrected chi connectivity index (χ1v) is 5.31. The molecule has 0 aromatic heterocycles. The highest BCUT2D eigenvalue weighted by atomic mass is 16.1. The number of rotatable bonds is 7. The van der Waals surface area contributed by atoms with E-state index in [1.807, 2.05) is 0 Å². The fraction of sp³-hybridized carbons (Fsp3) is 0.750. The zero-order valence-electron chi connectivity index (χ0n) is 8.64. The monoisotopic (exact) mass is 180 g/mol. The first-order chi connectivity index (χ1) is 6.41. The zero-order chi connectivity index (χ0) is 9.78. The minimum atomic E-state index is 0.732. The largest absolute Gasteiger partial charge is 0.303 e. The Kier molecular flexibility index (Phi) is 10.6. The lowest BCUT2D eigenvalue weighted by Gasteiger charge is -1.95. The maximum atomic E-state index is 9.99. The van der Waals surface area contributed by atoms with Crippen LogP contribution in [0.2, 0.25) is 0 Å². The van der Waals surface area contributed by atoms with Crippen molar-refractivity contribution in [1.29, 1.82) is 0 Å². The van der Waals surface area contributed by atoms with Gasteiger partial charge in [-0.05, 0) is 12.8 Å². The van der Waals surface area contributed by atoms with Crippen molar-refractivity contribution < 1.29 is 4.79 Å². The Morgan fingerprint density at radius 3 is 2.38 bits per heavy atom. The molecule has 1 nitrogen and oxygen atoms in total. The molecule has 0 heterocycles. The maximum Gasteiger partial charge on any atom is 0.119 e. The van der Waals surface area contributed by atoms with Crippen LogP contribution in [0.4, 0.5) is 0 Å². The molecule has 0 saturated heterocycles. The van der Waals surface area contributed by atoms with Gasteiger partial charge in [-0.1, -0.05) is 26.2 Å². The molecule has 0 atom stereocenters. The SMILES string of the molecule is CCC#CCCCCCCCC=O. The van der Waals surface area contributed by atoms with E-state index in [9.17, 15) is 4.79 Å². The van der Waals surface area contributed by atoms with E-state index in [1.54, 1.807) is 0 Å². The third-order valence-corrected chi connectivity index (χ3v) is 1.93. The molecular weight excluding hydrogens is 160 g/mol. The molecule has 0 aliphatic rings. The Hall–Kier alpha value is -0.770. The van der Waals surface area contributed by atoms with E-state index in [-0.39, 0.29) is 0 Å². The number of carbonyl (C=O) groups is 1. The molecule has 13 heavy (non-hydrogen) atoms. The molecule has 0 spiro atoms. The van der Waals surface area contributed by atoms with E-state index in [1.165, 1.54) is 25.7 Å². The summed E-state index contributed by atoms with van der Waals surface area (Å²) in [6, 6.07) is 0. The molecule has 0 unspecified atom stereocenters. The van der Waals surface area contributed by atoms with Crippen molar-refractivity contribution in [2.24, 2.45) is 0 Å². The van der Waals surface area contributed by atoms with Gasteiger partial charge in [0, 0.05) is 19.3 Å². The topological polar surface area (TPSA) is 17.1 Å². The van der Waals surface area contributed by atoms with Gasteiger partial charge in [0.15, 0.2) is 0 Å². The second-order valence-corrected chi connectivity index (χ2v) is 3.18. The van der Waals surface area contributed by atoms with Crippen LogP contribution in [0.15, 0.2) is 0 Å². The molecule has 0 rings (SSSR count). The Labute approximate surface area is 81.9 Å². The molecule has 0 saturated carbocycles. The van der Waals surface area contributed by atoms with Crippen LogP contribution in [0.1, 0.15) is 58.3 Å².